The molecule has 0 amide bonds. The van der Waals surface area contributed by atoms with Crippen molar-refractivity contribution < 1.29 is 5.11 Å². The van der Waals surface area contributed by atoms with E-state index in [4.69, 9.17) is 11.6 Å². The van der Waals surface area contributed by atoms with Gasteiger partial charge in [-0.15, -0.1) is 0 Å². The summed E-state index contributed by atoms with van der Waals surface area (Å²) in [6.45, 7) is 3.85. The van der Waals surface area contributed by atoms with Crippen LogP contribution in [0, 0.1) is 13.8 Å². The third-order valence-electron chi connectivity index (χ3n) is 2.99. The van der Waals surface area contributed by atoms with Gasteiger partial charge in [-0.3, -0.25) is 4.68 Å². The molecule has 1 heterocycles. The maximum Gasteiger partial charge on any atom is 0.0844 e. The van der Waals surface area contributed by atoms with Crippen molar-refractivity contribution in [2.24, 2.45) is 0 Å². The van der Waals surface area contributed by atoms with Gasteiger partial charge in [0, 0.05) is 0 Å². The van der Waals surface area contributed by atoms with Gasteiger partial charge >= 0.3 is 0 Å². The van der Waals surface area contributed by atoms with E-state index in [-0.39, 0.29) is 12.1 Å². The van der Waals surface area contributed by atoms with E-state index in [9.17, 15) is 5.11 Å². The van der Waals surface area contributed by atoms with Crippen LogP contribution in [0.15, 0.2) is 0 Å². The molecule has 0 bridgehead atoms. The van der Waals surface area contributed by atoms with Gasteiger partial charge < -0.3 is 5.11 Å². The lowest BCUT2D eigenvalue weighted by molar-refractivity contribution is 0.129. The Balaban J connectivity index is 2.36. The maximum atomic E-state index is 9.76. The molecular weight excluding hydrogens is 200 g/mol. The molecule has 2 atom stereocenters. The van der Waals surface area contributed by atoms with Crippen LogP contribution in [0.1, 0.15) is 36.7 Å². The molecule has 2 rings (SSSR count). The van der Waals surface area contributed by atoms with E-state index in [1.165, 1.54) is 0 Å². The number of aliphatic hydroxyl groups excluding tert-OH is 1. The molecule has 14 heavy (non-hydrogen) atoms. The molecule has 1 aromatic heterocycles. The van der Waals surface area contributed by atoms with Crippen molar-refractivity contribution in [2.45, 2.75) is 45.3 Å². The van der Waals surface area contributed by atoms with Crippen LogP contribution < -0.4 is 0 Å². The first-order chi connectivity index (χ1) is 6.61. The molecule has 3 nitrogen and oxygen atoms in total. The van der Waals surface area contributed by atoms with Crippen molar-refractivity contribution in [1.29, 1.82) is 0 Å². The molecule has 0 aliphatic heterocycles. The smallest absolute Gasteiger partial charge is 0.0844 e. The van der Waals surface area contributed by atoms with Crippen LogP contribution in [0.5, 0.6) is 0 Å². The van der Waals surface area contributed by atoms with Crippen LogP contribution in [-0.4, -0.2) is 21.0 Å². The number of halogens is 1. The van der Waals surface area contributed by atoms with E-state index in [0.717, 1.165) is 35.7 Å². The second kappa shape index (κ2) is 3.55. The molecule has 4 heteroatoms. The molecular formula is C10H15ClN2O. The lowest BCUT2D eigenvalue weighted by atomic mass is 10.2. The number of rotatable bonds is 1. The number of aryl methyl sites for hydroxylation is 1. The van der Waals surface area contributed by atoms with E-state index in [1.54, 1.807) is 0 Å². The summed E-state index contributed by atoms with van der Waals surface area (Å²) in [4.78, 5) is 0. The summed E-state index contributed by atoms with van der Waals surface area (Å²) in [7, 11) is 0. The van der Waals surface area contributed by atoms with Crippen LogP contribution in [0.25, 0.3) is 0 Å². The normalized spacial score (nSPS) is 27.1. The summed E-state index contributed by atoms with van der Waals surface area (Å²) < 4.78 is 1.88. The highest BCUT2D eigenvalue weighted by Gasteiger charge is 2.29. The van der Waals surface area contributed by atoms with Gasteiger partial charge in [-0.05, 0) is 33.1 Å². The summed E-state index contributed by atoms with van der Waals surface area (Å²) in [6, 6.07) is 0.126. The number of aliphatic hydroxyl groups is 1. The predicted octanol–water partition coefficient (Wildman–Crippen LogP) is 2.24. The van der Waals surface area contributed by atoms with E-state index in [2.05, 4.69) is 5.10 Å². The van der Waals surface area contributed by atoms with Gasteiger partial charge in [0.1, 0.15) is 0 Å². The second-order valence-corrected chi connectivity index (χ2v) is 4.37. The van der Waals surface area contributed by atoms with Crippen LogP contribution >= 0.6 is 11.6 Å². The van der Waals surface area contributed by atoms with Gasteiger partial charge in [0.25, 0.3) is 0 Å². The monoisotopic (exact) mass is 214 g/mol. The highest BCUT2D eigenvalue weighted by Crippen LogP contribution is 2.32. The summed E-state index contributed by atoms with van der Waals surface area (Å²) in [5.41, 5.74) is 1.82. The Kier molecular flexibility index (Phi) is 2.54. The molecule has 1 aliphatic carbocycles. The fraction of sp³-hybridized carbons (Fsp3) is 0.700. The Labute approximate surface area is 88.7 Å². The van der Waals surface area contributed by atoms with E-state index < -0.39 is 0 Å². The van der Waals surface area contributed by atoms with Gasteiger partial charge in [0.05, 0.1) is 28.6 Å². The molecule has 0 saturated heterocycles. The zero-order valence-electron chi connectivity index (χ0n) is 8.50. The molecule has 0 spiro atoms. The Morgan fingerprint density at radius 1 is 1.43 bits per heavy atom. The molecule has 1 fully saturated rings. The molecule has 1 N–H and O–H groups in total. The van der Waals surface area contributed by atoms with Gasteiger partial charge in [0.15, 0.2) is 0 Å². The molecule has 1 aliphatic rings. The number of hydrogen-bond donors (Lipinski definition) is 1. The van der Waals surface area contributed by atoms with E-state index >= 15 is 0 Å². The topological polar surface area (TPSA) is 38.0 Å². The minimum atomic E-state index is -0.260. The Hall–Kier alpha value is -0.540. The standard InChI is InChI=1S/C10H15ClN2O/c1-6-10(11)7(2)13(12-6)8-4-3-5-9(8)14/h8-9,14H,3-5H2,1-2H3/t8-,9-/m0/s1. The fourth-order valence-electron chi connectivity index (χ4n) is 2.17. The highest BCUT2D eigenvalue weighted by molar-refractivity contribution is 6.31. The van der Waals surface area contributed by atoms with Crippen LogP contribution in [0.4, 0.5) is 0 Å². The third-order valence-corrected chi connectivity index (χ3v) is 3.54. The Morgan fingerprint density at radius 2 is 2.14 bits per heavy atom. The SMILES string of the molecule is Cc1nn([C@H]2CCC[C@@H]2O)c(C)c1Cl. The Morgan fingerprint density at radius 3 is 2.57 bits per heavy atom. The first-order valence-electron chi connectivity index (χ1n) is 5.00. The molecule has 1 aromatic rings. The van der Waals surface area contributed by atoms with Crippen molar-refractivity contribution in [3.8, 4) is 0 Å². The highest BCUT2D eigenvalue weighted by atomic mass is 35.5. The van der Waals surface area contributed by atoms with Crippen molar-refractivity contribution in [3.05, 3.63) is 16.4 Å². The lowest BCUT2D eigenvalue weighted by Gasteiger charge is -2.16. The van der Waals surface area contributed by atoms with Gasteiger partial charge in [-0.1, -0.05) is 11.6 Å². The first-order valence-corrected chi connectivity index (χ1v) is 5.38. The number of aromatic nitrogens is 2. The Bertz CT molecular complexity index is 348. The summed E-state index contributed by atoms with van der Waals surface area (Å²) in [6.07, 6.45) is 2.69. The molecule has 78 valence electrons. The average Bonchev–Trinajstić information content (AvgIpc) is 2.66. The largest absolute Gasteiger partial charge is 0.391 e. The molecule has 0 unspecified atom stereocenters. The minimum absolute atomic E-state index is 0.126. The summed E-state index contributed by atoms with van der Waals surface area (Å²) >= 11 is 6.06. The predicted molar refractivity (Wildman–Crippen MR) is 55.6 cm³/mol. The van der Waals surface area contributed by atoms with Gasteiger partial charge in [-0.2, -0.15) is 5.10 Å². The third kappa shape index (κ3) is 1.44. The van der Waals surface area contributed by atoms with Gasteiger partial charge in [-0.25, -0.2) is 0 Å². The van der Waals surface area contributed by atoms with Crippen LogP contribution in [0.2, 0.25) is 5.02 Å². The molecule has 0 radical (unpaired) electrons. The first kappa shape index (κ1) is 9.99. The van der Waals surface area contributed by atoms with E-state index in [0.29, 0.717) is 0 Å². The van der Waals surface area contributed by atoms with Crippen molar-refractivity contribution in [1.82, 2.24) is 9.78 Å². The zero-order chi connectivity index (χ0) is 10.3. The summed E-state index contributed by atoms with van der Waals surface area (Å²) in [5.74, 6) is 0. The van der Waals surface area contributed by atoms with Crippen molar-refractivity contribution >= 4 is 11.6 Å². The van der Waals surface area contributed by atoms with Crippen LogP contribution in [0.3, 0.4) is 0 Å². The van der Waals surface area contributed by atoms with Crippen molar-refractivity contribution in [3.63, 3.8) is 0 Å². The van der Waals surface area contributed by atoms with Crippen molar-refractivity contribution in [2.75, 3.05) is 0 Å². The van der Waals surface area contributed by atoms with Gasteiger partial charge in [0.2, 0.25) is 0 Å². The van der Waals surface area contributed by atoms with E-state index in [1.807, 2.05) is 18.5 Å². The van der Waals surface area contributed by atoms with Crippen LogP contribution in [-0.2, 0) is 0 Å². The quantitative estimate of drug-likeness (QED) is 0.779. The second-order valence-electron chi connectivity index (χ2n) is 3.99. The lowest BCUT2D eigenvalue weighted by Crippen LogP contribution is -2.20. The molecule has 1 saturated carbocycles. The number of hydrogen-bond acceptors (Lipinski definition) is 2. The minimum Gasteiger partial charge on any atom is -0.391 e. The maximum absolute atomic E-state index is 9.76. The average molecular weight is 215 g/mol. The number of nitrogens with zero attached hydrogens (tertiary/aromatic N) is 2. The molecule has 0 aromatic carbocycles. The fourth-order valence-corrected chi connectivity index (χ4v) is 2.30. The summed E-state index contributed by atoms with van der Waals surface area (Å²) in [5, 5.41) is 14.9. The zero-order valence-corrected chi connectivity index (χ0v) is 9.25.